The molecule has 0 heterocycles. The first-order valence-electron chi connectivity index (χ1n) is 4.80. The third-order valence-electron chi connectivity index (χ3n) is 1.79. The van der Waals surface area contributed by atoms with Gasteiger partial charge in [-0.3, -0.25) is 0 Å². The van der Waals surface area contributed by atoms with Crippen molar-refractivity contribution in [3.63, 3.8) is 0 Å². The number of unbranched alkanes of at least 4 members (excludes halogenated alkanes) is 1. The molecule has 0 amide bonds. The molecule has 0 fully saturated rings. The van der Waals surface area contributed by atoms with Crippen LogP contribution < -0.4 is 0 Å². The molecule has 0 atom stereocenters. The third-order valence-corrected chi connectivity index (χ3v) is 2.06. The summed E-state index contributed by atoms with van der Waals surface area (Å²) in [4.78, 5) is 10.1. The number of carbonyl (C=O) groups excluding carboxylic acids is 1. The average molecular weight is 257 g/mol. The molecule has 0 radical (unpaired) electrons. The van der Waals surface area contributed by atoms with Gasteiger partial charge in [-0.1, -0.05) is 45.8 Å². The fourth-order valence-electron chi connectivity index (χ4n) is 1.02. The Balaban J connectivity index is 3.98. The van der Waals surface area contributed by atoms with Crippen molar-refractivity contribution in [2.24, 2.45) is 0 Å². The van der Waals surface area contributed by atoms with E-state index in [1.165, 1.54) is 5.57 Å². The van der Waals surface area contributed by atoms with Crippen LogP contribution in [0.5, 0.6) is 0 Å². The van der Waals surface area contributed by atoms with Crippen LogP contribution in [0.1, 0.15) is 33.1 Å². The largest absolute Gasteiger partial charge is 0.303 e. The molecule has 0 saturated carbocycles. The molecule has 1 nitrogen and oxygen atoms in total. The van der Waals surface area contributed by atoms with E-state index in [1.807, 2.05) is 26.0 Å². The van der Waals surface area contributed by atoms with Gasteiger partial charge >= 0.3 is 0 Å². The highest BCUT2D eigenvalue weighted by Gasteiger charge is 1.90. The molecule has 0 rings (SSSR count). The lowest BCUT2D eigenvalue weighted by atomic mass is 10.1. The van der Waals surface area contributed by atoms with Crippen LogP contribution in [0.2, 0.25) is 0 Å². The molecule has 0 aromatic rings. The first-order chi connectivity index (χ1) is 6.70. The topological polar surface area (TPSA) is 17.1 Å². The maximum atomic E-state index is 10.1. The highest BCUT2D eigenvalue weighted by atomic mass is 79.9. The Hall–Kier alpha value is -0.630. The molecule has 0 aromatic carbocycles. The van der Waals surface area contributed by atoms with Crippen LogP contribution in [0, 0.1) is 0 Å². The van der Waals surface area contributed by atoms with Crippen molar-refractivity contribution >= 4 is 22.2 Å². The van der Waals surface area contributed by atoms with Crippen LogP contribution in [-0.2, 0) is 4.79 Å². The van der Waals surface area contributed by atoms with Gasteiger partial charge in [0.05, 0.1) is 0 Å². The van der Waals surface area contributed by atoms with E-state index in [0.29, 0.717) is 6.42 Å². The van der Waals surface area contributed by atoms with Gasteiger partial charge in [0, 0.05) is 6.42 Å². The maximum absolute atomic E-state index is 10.1. The van der Waals surface area contributed by atoms with Crippen molar-refractivity contribution in [3.05, 3.63) is 34.4 Å². The van der Waals surface area contributed by atoms with E-state index in [9.17, 15) is 4.79 Å². The van der Waals surface area contributed by atoms with Gasteiger partial charge in [0.25, 0.3) is 0 Å². The summed E-state index contributed by atoms with van der Waals surface area (Å²) >= 11 is 3.35. The quantitative estimate of drug-likeness (QED) is 0.396. The third kappa shape index (κ3) is 7.99. The first-order valence-corrected chi connectivity index (χ1v) is 5.59. The molecule has 0 spiro atoms. The van der Waals surface area contributed by atoms with Gasteiger partial charge in [0.2, 0.25) is 0 Å². The van der Waals surface area contributed by atoms with Crippen LogP contribution in [0.3, 0.4) is 0 Å². The smallest absolute Gasteiger partial charge is 0.120 e. The molecular weight excluding hydrogens is 240 g/mol. The maximum Gasteiger partial charge on any atom is 0.120 e. The second kappa shape index (κ2) is 8.95. The van der Waals surface area contributed by atoms with E-state index < -0.39 is 0 Å². The van der Waals surface area contributed by atoms with E-state index in [4.69, 9.17) is 0 Å². The van der Waals surface area contributed by atoms with Gasteiger partial charge in [0.1, 0.15) is 6.29 Å². The fourth-order valence-corrected chi connectivity index (χ4v) is 1.17. The van der Waals surface area contributed by atoms with Crippen LogP contribution in [0.25, 0.3) is 0 Å². The SMILES string of the molecule is CC=C(/C=C\C=C(/C)Br)CCCC=O. The summed E-state index contributed by atoms with van der Waals surface area (Å²) in [6.45, 7) is 4.01. The zero-order chi connectivity index (χ0) is 10.8. The zero-order valence-electron chi connectivity index (χ0n) is 8.79. The number of rotatable bonds is 6. The predicted molar refractivity (Wildman–Crippen MR) is 65.5 cm³/mol. The Labute approximate surface area is 94.7 Å². The molecule has 2 heteroatoms. The lowest BCUT2D eigenvalue weighted by Gasteiger charge is -1.97. The molecular formula is C12H17BrO. The van der Waals surface area contributed by atoms with Crippen LogP contribution in [-0.4, -0.2) is 6.29 Å². The zero-order valence-corrected chi connectivity index (χ0v) is 10.4. The Bertz CT molecular complexity index is 245. The van der Waals surface area contributed by atoms with Crippen molar-refractivity contribution in [2.45, 2.75) is 33.1 Å². The van der Waals surface area contributed by atoms with Gasteiger partial charge in [-0.2, -0.15) is 0 Å². The van der Waals surface area contributed by atoms with Crippen molar-refractivity contribution < 1.29 is 4.79 Å². The minimum absolute atomic E-state index is 0.651. The molecule has 0 aliphatic rings. The number of hydrogen-bond acceptors (Lipinski definition) is 1. The summed E-state index contributed by atoms with van der Waals surface area (Å²) in [6, 6.07) is 0. The molecule has 0 unspecified atom stereocenters. The van der Waals surface area contributed by atoms with Crippen LogP contribution in [0.15, 0.2) is 34.4 Å². The normalized spacial score (nSPS) is 13.6. The lowest BCUT2D eigenvalue weighted by Crippen LogP contribution is -1.81. The van der Waals surface area contributed by atoms with E-state index in [-0.39, 0.29) is 0 Å². The molecule has 0 saturated heterocycles. The number of aldehydes is 1. The van der Waals surface area contributed by atoms with Crippen LogP contribution in [0.4, 0.5) is 0 Å². The Morgan fingerprint density at radius 3 is 2.64 bits per heavy atom. The molecule has 78 valence electrons. The van der Waals surface area contributed by atoms with E-state index in [1.54, 1.807) is 0 Å². The number of allylic oxidation sites excluding steroid dienone is 6. The summed E-state index contributed by atoms with van der Waals surface area (Å²) in [5, 5.41) is 0. The molecule has 0 bridgehead atoms. The van der Waals surface area contributed by atoms with Crippen molar-refractivity contribution in [1.82, 2.24) is 0 Å². The predicted octanol–water partition coefficient (Wildman–Crippen LogP) is 4.16. The summed E-state index contributed by atoms with van der Waals surface area (Å²) in [5.41, 5.74) is 1.27. The Morgan fingerprint density at radius 1 is 1.43 bits per heavy atom. The minimum Gasteiger partial charge on any atom is -0.303 e. The molecule has 0 aromatic heterocycles. The second-order valence-corrected chi connectivity index (χ2v) is 4.29. The minimum atomic E-state index is 0.651. The van der Waals surface area contributed by atoms with Gasteiger partial charge < -0.3 is 4.79 Å². The second-order valence-electron chi connectivity index (χ2n) is 3.04. The number of hydrogen-bond donors (Lipinski definition) is 0. The van der Waals surface area contributed by atoms with Crippen molar-refractivity contribution in [2.75, 3.05) is 0 Å². The lowest BCUT2D eigenvalue weighted by molar-refractivity contribution is -0.107. The van der Waals surface area contributed by atoms with Gasteiger partial charge in [-0.25, -0.2) is 0 Å². The van der Waals surface area contributed by atoms with Gasteiger partial charge in [0.15, 0.2) is 0 Å². The van der Waals surface area contributed by atoms with Gasteiger partial charge in [-0.05, 0) is 31.2 Å². The summed E-state index contributed by atoms with van der Waals surface area (Å²) in [6.07, 6.45) is 11.7. The van der Waals surface area contributed by atoms with Crippen LogP contribution >= 0.6 is 15.9 Å². The standard InChI is InChI=1S/C12H17BrO/c1-3-12(8-4-5-10-14)9-6-7-11(2)13/h3,6-7,9-10H,4-5,8H2,1-2H3/b9-6-,11-7+,12-3?. The van der Waals surface area contributed by atoms with E-state index >= 15 is 0 Å². The summed E-state index contributed by atoms with van der Waals surface area (Å²) in [5.74, 6) is 0. The van der Waals surface area contributed by atoms with E-state index in [0.717, 1.165) is 23.6 Å². The van der Waals surface area contributed by atoms with E-state index in [2.05, 4.69) is 28.1 Å². The molecule has 0 N–H and O–H groups in total. The monoisotopic (exact) mass is 256 g/mol. The Kier molecular flexibility index (Phi) is 8.54. The molecule has 14 heavy (non-hydrogen) atoms. The summed E-state index contributed by atoms with van der Waals surface area (Å²) in [7, 11) is 0. The van der Waals surface area contributed by atoms with Crippen molar-refractivity contribution in [3.8, 4) is 0 Å². The van der Waals surface area contributed by atoms with Crippen molar-refractivity contribution in [1.29, 1.82) is 0 Å². The number of carbonyl (C=O) groups is 1. The summed E-state index contributed by atoms with van der Waals surface area (Å²) < 4.78 is 1.11. The molecule has 0 aliphatic carbocycles. The highest BCUT2D eigenvalue weighted by molar-refractivity contribution is 9.11. The first kappa shape index (κ1) is 13.4. The average Bonchev–Trinajstić information content (AvgIpc) is 2.15. The number of halogens is 1. The highest BCUT2D eigenvalue weighted by Crippen LogP contribution is 2.09. The Morgan fingerprint density at radius 2 is 2.14 bits per heavy atom. The molecule has 0 aliphatic heterocycles. The van der Waals surface area contributed by atoms with Gasteiger partial charge in [-0.15, -0.1) is 0 Å². The fraction of sp³-hybridized carbons (Fsp3) is 0.417.